The summed E-state index contributed by atoms with van der Waals surface area (Å²) >= 11 is 1.63. The van der Waals surface area contributed by atoms with E-state index in [1.54, 1.807) is 22.7 Å². The summed E-state index contributed by atoms with van der Waals surface area (Å²) < 4.78 is 16.7. The van der Waals surface area contributed by atoms with Crippen LogP contribution in [0.1, 0.15) is 31.5 Å². The number of aromatic nitrogens is 3. The Bertz CT molecular complexity index is 1230. The number of aryl methyl sites for hydroxylation is 1. The van der Waals surface area contributed by atoms with Crippen molar-refractivity contribution in [3.8, 4) is 11.4 Å². The lowest BCUT2D eigenvalue weighted by Gasteiger charge is -2.17. The van der Waals surface area contributed by atoms with Gasteiger partial charge in [-0.2, -0.15) is 0 Å². The number of carbonyl (C=O) groups excluding carboxylic acids is 2. The lowest BCUT2D eigenvalue weighted by Crippen LogP contribution is -2.28. The van der Waals surface area contributed by atoms with Gasteiger partial charge in [0.15, 0.2) is 5.82 Å². The second-order valence-corrected chi connectivity index (χ2v) is 9.57. The molecule has 2 aliphatic rings. The van der Waals surface area contributed by atoms with E-state index in [1.165, 1.54) is 12.1 Å². The maximum Gasteiger partial charge on any atom is 0.229 e. The third kappa shape index (κ3) is 4.44. The predicted molar refractivity (Wildman–Crippen MR) is 130 cm³/mol. The molecule has 3 aromatic rings. The molecule has 5 rings (SSSR count). The lowest BCUT2D eigenvalue weighted by molar-refractivity contribution is -0.122. The lowest BCUT2D eigenvalue weighted by atomic mass is 10.1. The summed E-state index contributed by atoms with van der Waals surface area (Å²) in [6, 6.07) is 12.2. The van der Waals surface area contributed by atoms with Crippen molar-refractivity contribution >= 4 is 35.0 Å². The zero-order chi connectivity index (χ0) is 23.7. The van der Waals surface area contributed by atoms with Crippen LogP contribution in [0.15, 0.2) is 47.4 Å². The maximum atomic E-state index is 14.7. The minimum Gasteiger partial charge on any atom is -0.326 e. The summed E-state index contributed by atoms with van der Waals surface area (Å²) in [7, 11) is 0. The third-order valence-corrected chi connectivity index (χ3v) is 7.21. The molecule has 0 spiro atoms. The number of nitrogens with one attached hydrogen (secondary N) is 1. The van der Waals surface area contributed by atoms with Crippen LogP contribution in [0.25, 0.3) is 11.4 Å². The van der Waals surface area contributed by atoms with Crippen molar-refractivity contribution in [2.75, 3.05) is 23.0 Å². The highest BCUT2D eigenvalue weighted by Gasteiger charge is 2.35. The summed E-state index contributed by atoms with van der Waals surface area (Å²) in [5.41, 5.74) is 1.58. The topological polar surface area (TPSA) is 80.1 Å². The molecule has 2 amide bonds. The molecular weight excluding hydrogens is 453 g/mol. The van der Waals surface area contributed by atoms with E-state index in [-0.39, 0.29) is 18.2 Å². The second-order valence-electron chi connectivity index (χ2n) is 8.69. The van der Waals surface area contributed by atoms with Crippen molar-refractivity contribution in [2.45, 2.75) is 43.5 Å². The van der Waals surface area contributed by atoms with E-state index < -0.39 is 11.7 Å². The quantitative estimate of drug-likeness (QED) is 0.544. The number of hydrogen-bond acceptors (Lipinski definition) is 5. The highest BCUT2D eigenvalue weighted by molar-refractivity contribution is 7.98. The molecule has 0 bridgehead atoms. The summed E-state index contributed by atoms with van der Waals surface area (Å²) in [5.74, 6) is 0.133. The van der Waals surface area contributed by atoms with Gasteiger partial charge >= 0.3 is 0 Å². The highest BCUT2D eigenvalue weighted by atomic mass is 32.2. The van der Waals surface area contributed by atoms with Crippen molar-refractivity contribution in [1.29, 1.82) is 0 Å². The molecule has 1 aromatic heterocycles. The van der Waals surface area contributed by atoms with Crippen LogP contribution in [0.5, 0.6) is 0 Å². The first-order valence-electron chi connectivity index (χ1n) is 11.5. The van der Waals surface area contributed by atoms with Crippen molar-refractivity contribution in [2.24, 2.45) is 5.92 Å². The minimum atomic E-state index is -0.481. The van der Waals surface area contributed by atoms with Gasteiger partial charge in [-0.05, 0) is 61.6 Å². The maximum absolute atomic E-state index is 14.7. The Hall–Kier alpha value is -3.20. The van der Waals surface area contributed by atoms with Crippen molar-refractivity contribution < 1.29 is 14.0 Å². The SMILES string of the molecule is CSc1ccc(N2CC(C(=O)Nc3ccc(F)c(-c4nnc5n4CCCCC5)c3)CC2=O)cc1. The number of rotatable bonds is 5. The number of amides is 2. The molecule has 1 fully saturated rings. The van der Waals surface area contributed by atoms with Gasteiger partial charge in [-0.3, -0.25) is 9.59 Å². The van der Waals surface area contributed by atoms with E-state index in [0.717, 1.165) is 48.6 Å². The Balaban J connectivity index is 1.32. The van der Waals surface area contributed by atoms with E-state index in [1.807, 2.05) is 35.1 Å². The van der Waals surface area contributed by atoms with Crippen LogP contribution in [0.3, 0.4) is 0 Å². The summed E-state index contributed by atoms with van der Waals surface area (Å²) in [6.45, 7) is 1.07. The second kappa shape index (κ2) is 9.58. The first-order chi connectivity index (χ1) is 16.5. The molecule has 2 aromatic carbocycles. The van der Waals surface area contributed by atoms with E-state index in [4.69, 9.17) is 0 Å². The largest absolute Gasteiger partial charge is 0.326 e. The molecule has 1 N–H and O–H groups in total. The van der Waals surface area contributed by atoms with Crippen LogP contribution in [0, 0.1) is 11.7 Å². The van der Waals surface area contributed by atoms with Crippen LogP contribution in [0.4, 0.5) is 15.8 Å². The first kappa shape index (κ1) is 22.6. The van der Waals surface area contributed by atoms with Gasteiger partial charge in [-0.1, -0.05) is 6.42 Å². The number of benzene rings is 2. The van der Waals surface area contributed by atoms with Gasteiger partial charge in [0.1, 0.15) is 11.6 Å². The molecule has 2 aliphatic heterocycles. The number of fused-ring (bicyclic) bond motifs is 1. The number of thioether (sulfide) groups is 1. The van der Waals surface area contributed by atoms with Gasteiger partial charge in [-0.25, -0.2) is 4.39 Å². The van der Waals surface area contributed by atoms with E-state index in [2.05, 4.69) is 15.5 Å². The number of nitrogens with zero attached hydrogens (tertiary/aromatic N) is 4. The molecule has 1 saturated heterocycles. The molecule has 0 saturated carbocycles. The number of hydrogen-bond donors (Lipinski definition) is 1. The molecule has 1 atom stereocenters. The predicted octanol–water partition coefficient (Wildman–Crippen LogP) is 4.52. The summed E-state index contributed by atoms with van der Waals surface area (Å²) in [6.07, 6.45) is 6.13. The van der Waals surface area contributed by atoms with Gasteiger partial charge in [0.2, 0.25) is 11.8 Å². The zero-order valence-corrected chi connectivity index (χ0v) is 19.8. The smallest absolute Gasteiger partial charge is 0.229 e. The van der Waals surface area contributed by atoms with E-state index in [0.29, 0.717) is 23.6 Å². The highest BCUT2D eigenvalue weighted by Crippen LogP contribution is 2.30. The van der Waals surface area contributed by atoms with Crippen molar-refractivity contribution in [3.05, 3.63) is 54.1 Å². The third-order valence-electron chi connectivity index (χ3n) is 6.46. The van der Waals surface area contributed by atoms with Gasteiger partial charge in [-0.15, -0.1) is 22.0 Å². The molecular formula is C25H26FN5O2S. The molecule has 9 heteroatoms. The molecule has 34 heavy (non-hydrogen) atoms. The normalized spacial score (nSPS) is 18.0. The van der Waals surface area contributed by atoms with E-state index >= 15 is 0 Å². The standard InChI is InChI=1S/C25H26FN5O2S/c1-34-19-9-7-18(8-10-19)31-15-16(13-23(31)32)25(33)27-17-6-11-21(26)20(14-17)24-29-28-22-5-3-2-4-12-30(22)24/h6-11,14,16H,2-5,12-13,15H2,1H3,(H,27,33). The van der Waals surface area contributed by atoms with Gasteiger partial charge < -0.3 is 14.8 Å². The van der Waals surface area contributed by atoms with Crippen LogP contribution < -0.4 is 10.2 Å². The van der Waals surface area contributed by atoms with Gasteiger partial charge in [0, 0.05) is 42.2 Å². The Morgan fingerprint density at radius 3 is 2.74 bits per heavy atom. The molecule has 7 nitrogen and oxygen atoms in total. The fourth-order valence-corrected chi connectivity index (χ4v) is 5.01. The van der Waals surface area contributed by atoms with E-state index in [9.17, 15) is 14.0 Å². The molecule has 0 radical (unpaired) electrons. The Kier molecular flexibility index (Phi) is 6.36. The van der Waals surface area contributed by atoms with Gasteiger partial charge in [0.05, 0.1) is 11.5 Å². The van der Waals surface area contributed by atoms with Crippen LogP contribution >= 0.6 is 11.8 Å². The number of anilines is 2. The molecule has 1 unspecified atom stereocenters. The molecule has 3 heterocycles. The average molecular weight is 480 g/mol. The number of halogens is 1. The number of carbonyl (C=O) groups is 2. The van der Waals surface area contributed by atoms with Crippen LogP contribution in [0.2, 0.25) is 0 Å². The first-order valence-corrected chi connectivity index (χ1v) is 12.7. The Morgan fingerprint density at radius 2 is 1.94 bits per heavy atom. The summed E-state index contributed by atoms with van der Waals surface area (Å²) in [4.78, 5) is 28.3. The van der Waals surface area contributed by atoms with Gasteiger partial charge in [0.25, 0.3) is 0 Å². The van der Waals surface area contributed by atoms with Crippen molar-refractivity contribution in [1.82, 2.24) is 14.8 Å². The van der Waals surface area contributed by atoms with Crippen molar-refractivity contribution in [3.63, 3.8) is 0 Å². The van der Waals surface area contributed by atoms with Crippen LogP contribution in [-0.2, 0) is 22.6 Å². The fourth-order valence-electron chi connectivity index (χ4n) is 4.60. The molecule has 176 valence electrons. The molecule has 0 aliphatic carbocycles. The minimum absolute atomic E-state index is 0.0806. The zero-order valence-electron chi connectivity index (χ0n) is 19.0. The Morgan fingerprint density at radius 1 is 1.12 bits per heavy atom. The summed E-state index contributed by atoms with van der Waals surface area (Å²) in [5, 5.41) is 11.4. The van der Waals surface area contributed by atoms with Crippen LogP contribution in [-0.4, -0.2) is 39.4 Å². The average Bonchev–Trinajstić information content (AvgIpc) is 3.35. The fraction of sp³-hybridized carbons (Fsp3) is 0.360. The monoisotopic (exact) mass is 479 g/mol. The Labute approximate surface area is 201 Å².